The molecule has 52 heavy (non-hydrogen) atoms. The summed E-state index contributed by atoms with van der Waals surface area (Å²) in [5, 5.41) is 6.87. The summed E-state index contributed by atoms with van der Waals surface area (Å²) < 4.78 is 53.0. The molecule has 2 amide bonds. The molecule has 5 rings (SSSR count). The van der Waals surface area contributed by atoms with Crippen LogP contribution in [0, 0.1) is 0 Å². The Balaban J connectivity index is 1.47. The maximum Gasteiger partial charge on any atom is 0.416 e. The molecule has 0 atom stereocenters. The van der Waals surface area contributed by atoms with Crippen LogP contribution in [0.15, 0.2) is 23.0 Å². The van der Waals surface area contributed by atoms with Gasteiger partial charge in [0.05, 0.1) is 35.1 Å². The van der Waals surface area contributed by atoms with E-state index in [-0.39, 0.29) is 66.9 Å². The first-order chi connectivity index (χ1) is 24.5. The Bertz CT molecular complexity index is 1860. The summed E-state index contributed by atoms with van der Waals surface area (Å²) in [6.45, 7) is 12.1. The highest BCUT2D eigenvalue weighted by atomic mass is 35.5. The van der Waals surface area contributed by atoms with Crippen molar-refractivity contribution in [2.75, 3.05) is 80.6 Å². The van der Waals surface area contributed by atoms with E-state index >= 15 is 0 Å². The van der Waals surface area contributed by atoms with Gasteiger partial charge in [-0.3, -0.25) is 19.3 Å². The zero-order chi connectivity index (χ0) is 38.0. The van der Waals surface area contributed by atoms with Crippen LogP contribution in [0.5, 0.6) is 0 Å². The lowest BCUT2D eigenvalue weighted by atomic mass is 10.2. The number of benzene rings is 1. The van der Waals surface area contributed by atoms with Crippen molar-refractivity contribution in [1.82, 2.24) is 29.0 Å². The number of hydrogen-bond donors (Lipinski definition) is 1. The second-order valence-electron chi connectivity index (χ2n) is 13.4. The SMILES string of the molecule is CCOC(=O)CN1CCN(c2nc3n(CC(=O)Nc4ccc(C(F)(F)F)cc4Cl)c(CC)c(N4CCN(C(=O)OC(C)(C)C)CC4)c(=O)n3n2)CC1. The van der Waals surface area contributed by atoms with Crippen LogP contribution in [0.25, 0.3) is 5.78 Å². The van der Waals surface area contributed by atoms with Gasteiger partial charge in [0.1, 0.15) is 17.8 Å². The zero-order valence-corrected chi connectivity index (χ0v) is 30.5. The van der Waals surface area contributed by atoms with Gasteiger partial charge < -0.3 is 34.1 Å². The van der Waals surface area contributed by atoms with Gasteiger partial charge in [0.25, 0.3) is 5.56 Å². The lowest BCUT2D eigenvalue weighted by Gasteiger charge is -2.37. The Hall–Kier alpha value is -4.58. The maximum atomic E-state index is 14.2. The van der Waals surface area contributed by atoms with Crippen LogP contribution in [0.1, 0.15) is 45.9 Å². The number of aromatic nitrogens is 4. The van der Waals surface area contributed by atoms with E-state index in [4.69, 9.17) is 26.1 Å². The second-order valence-corrected chi connectivity index (χ2v) is 13.8. The van der Waals surface area contributed by atoms with Gasteiger partial charge in [-0.15, -0.1) is 5.10 Å². The fraction of sp³-hybridized carbons (Fsp3) is 0.576. The molecule has 2 aromatic heterocycles. The normalized spacial score (nSPS) is 16.0. The molecule has 4 heterocycles. The summed E-state index contributed by atoms with van der Waals surface area (Å²) in [4.78, 5) is 64.5. The van der Waals surface area contributed by atoms with Crippen LogP contribution in [0.4, 0.5) is 35.3 Å². The average molecular weight is 754 g/mol. The number of nitrogens with one attached hydrogen (secondary N) is 1. The lowest BCUT2D eigenvalue weighted by Crippen LogP contribution is -2.51. The Labute approximate surface area is 303 Å². The summed E-state index contributed by atoms with van der Waals surface area (Å²) >= 11 is 6.13. The molecule has 2 fully saturated rings. The predicted octanol–water partition coefficient (Wildman–Crippen LogP) is 3.51. The predicted molar refractivity (Wildman–Crippen MR) is 187 cm³/mol. The van der Waals surface area contributed by atoms with E-state index in [9.17, 15) is 32.3 Å². The minimum Gasteiger partial charge on any atom is -0.465 e. The van der Waals surface area contributed by atoms with Gasteiger partial charge in [-0.1, -0.05) is 18.5 Å². The number of anilines is 3. The molecule has 19 heteroatoms. The van der Waals surface area contributed by atoms with Gasteiger partial charge in [-0.2, -0.15) is 22.7 Å². The van der Waals surface area contributed by atoms with Crippen molar-refractivity contribution in [3.63, 3.8) is 0 Å². The van der Waals surface area contributed by atoms with Gasteiger partial charge in [0.15, 0.2) is 0 Å². The van der Waals surface area contributed by atoms with E-state index in [1.807, 2.05) is 21.6 Å². The molecule has 284 valence electrons. The Morgan fingerprint density at radius 2 is 1.60 bits per heavy atom. The highest BCUT2D eigenvalue weighted by Crippen LogP contribution is 2.34. The third-order valence-electron chi connectivity index (χ3n) is 8.58. The monoisotopic (exact) mass is 753 g/mol. The van der Waals surface area contributed by atoms with E-state index in [0.29, 0.717) is 51.4 Å². The topological polar surface area (TPSA) is 147 Å². The zero-order valence-electron chi connectivity index (χ0n) is 29.8. The van der Waals surface area contributed by atoms with E-state index < -0.39 is 34.9 Å². The number of carbonyl (C=O) groups is 3. The number of nitrogens with zero attached hydrogens (tertiary/aromatic N) is 8. The molecule has 2 saturated heterocycles. The summed E-state index contributed by atoms with van der Waals surface area (Å²) in [6.07, 6.45) is -4.77. The number of alkyl halides is 3. The third kappa shape index (κ3) is 8.89. The molecule has 3 aromatic rings. The average Bonchev–Trinajstić information content (AvgIpc) is 3.52. The number of rotatable bonds is 9. The summed E-state index contributed by atoms with van der Waals surface area (Å²) in [7, 11) is 0. The Morgan fingerprint density at radius 3 is 2.17 bits per heavy atom. The number of halogens is 4. The molecule has 0 spiro atoms. The van der Waals surface area contributed by atoms with Crippen molar-refractivity contribution in [3.8, 4) is 0 Å². The second kappa shape index (κ2) is 15.6. The van der Waals surface area contributed by atoms with E-state index in [1.165, 1.54) is 0 Å². The van der Waals surface area contributed by atoms with Crippen LogP contribution in [-0.4, -0.2) is 118 Å². The van der Waals surface area contributed by atoms with Crippen LogP contribution >= 0.6 is 11.6 Å². The molecule has 2 aliphatic rings. The smallest absolute Gasteiger partial charge is 0.416 e. The molecule has 0 saturated carbocycles. The number of ether oxygens (including phenoxy) is 2. The summed E-state index contributed by atoms with van der Waals surface area (Å²) in [5.74, 6) is -0.599. The fourth-order valence-electron chi connectivity index (χ4n) is 6.11. The van der Waals surface area contributed by atoms with Crippen LogP contribution < -0.4 is 20.7 Å². The number of carbonyl (C=O) groups excluding carboxylic acids is 3. The van der Waals surface area contributed by atoms with E-state index in [2.05, 4.69) is 10.4 Å². The fourth-order valence-corrected chi connectivity index (χ4v) is 6.34. The first-order valence-corrected chi connectivity index (χ1v) is 17.4. The number of esters is 1. The van der Waals surface area contributed by atoms with Gasteiger partial charge in [-0.05, 0) is 52.3 Å². The van der Waals surface area contributed by atoms with Gasteiger partial charge in [0, 0.05) is 52.4 Å². The van der Waals surface area contributed by atoms with Crippen molar-refractivity contribution < 1.29 is 37.0 Å². The molecule has 0 aliphatic carbocycles. The number of hydrogen-bond acceptors (Lipinski definition) is 11. The molecular formula is C33H43ClF3N9O6. The van der Waals surface area contributed by atoms with Crippen molar-refractivity contribution >= 4 is 52.7 Å². The molecule has 15 nitrogen and oxygen atoms in total. The lowest BCUT2D eigenvalue weighted by molar-refractivity contribution is -0.144. The minimum absolute atomic E-state index is 0.0175. The molecule has 0 bridgehead atoms. The van der Waals surface area contributed by atoms with E-state index in [1.54, 1.807) is 37.2 Å². The molecular weight excluding hydrogens is 711 g/mol. The largest absolute Gasteiger partial charge is 0.465 e. The van der Waals surface area contributed by atoms with Crippen molar-refractivity contribution in [2.24, 2.45) is 0 Å². The molecule has 0 unspecified atom stereocenters. The Morgan fingerprint density at radius 1 is 0.942 bits per heavy atom. The highest BCUT2D eigenvalue weighted by molar-refractivity contribution is 6.33. The van der Waals surface area contributed by atoms with Crippen molar-refractivity contribution in [3.05, 3.63) is 44.8 Å². The molecule has 0 radical (unpaired) electrons. The number of piperazine rings is 2. The standard InChI is InChI=1S/C33H43ClF3N9O6/c1-6-24-27(42-14-16-44(17-15-42)31(50)52-32(3,4)5)28(49)46-30(39-29(40-46)43-12-10-41(11-13-43)20-26(48)51-7-2)45(24)19-25(47)38-23-9-8-21(18-22(23)34)33(35,36)37/h8-9,18H,6-7,10-17,19-20H2,1-5H3,(H,38,47). The Kier molecular flexibility index (Phi) is 11.6. The molecule has 1 N–H and O–H groups in total. The van der Waals surface area contributed by atoms with Crippen LogP contribution in [0.2, 0.25) is 5.02 Å². The first kappa shape index (κ1) is 38.6. The van der Waals surface area contributed by atoms with Gasteiger partial charge in [-0.25, -0.2) is 4.79 Å². The quantitative estimate of drug-likeness (QED) is 0.321. The number of fused-ring (bicyclic) bond motifs is 1. The van der Waals surface area contributed by atoms with E-state index in [0.717, 1.165) is 22.7 Å². The van der Waals surface area contributed by atoms with Crippen LogP contribution in [0.3, 0.4) is 0 Å². The van der Waals surface area contributed by atoms with Gasteiger partial charge in [0.2, 0.25) is 17.6 Å². The van der Waals surface area contributed by atoms with Crippen molar-refractivity contribution in [1.29, 1.82) is 0 Å². The molecule has 1 aromatic carbocycles. The molecule has 2 aliphatic heterocycles. The minimum atomic E-state index is -4.61. The number of amides is 2. The van der Waals surface area contributed by atoms with Crippen LogP contribution in [-0.2, 0) is 38.2 Å². The maximum absolute atomic E-state index is 14.2. The highest BCUT2D eigenvalue weighted by Gasteiger charge is 2.33. The third-order valence-corrected chi connectivity index (χ3v) is 8.89. The van der Waals surface area contributed by atoms with Gasteiger partial charge >= 0.3 is 18.2 Å². The first-order valence-electron chi connectivity index (χ1n) is 17.0. The summed E-state index contributed by atoms with van der Waals surface area (Å²) in [6, 6.07) is 2.64. The van der Waals surface area contributed by atoms with Crippen molar-refractivity contribution in [2.45, 2.75) is 59.4 Å². The summed E-state index contributed by atoms with van der Waals surface area (Å²) in [5.41, 5.74) is -1.34.